The molecular weight excluding hydrogens is 1020 g/mol. The smallest absolute Gasteiger partial charge is 0.418 e. The number of nitrogens with zero attached hydrogens (tertiary/aromatic N) is 4. The van der Waals surface area contributed by atoms with E-state index in [0.29, 0.717) is 44.1 Å². The van der Waals surface area contributed by atoms with Crippen molar-refractivity contribution < 1.29 is 35.2 Å². The largest absolute Gasteiger partial charge is 0.452 e. The van der Waals surface area contributed by atoms with Crippen LogP contribution in [0.3, 0.4) is 0 Å². The average molecular weight is 1060 g/mol. The van der Waals surface area contributed by atoms with E-state index in [1.54, 1.807) is 82.6 Å². The number of para-hydroxylation sites is 6. The van der Waals surface area contributed by atoms with Gasteiger partial charge in [0.05, 0.1) is 50.4 Å². The summed E-state index contributed by atoms with van der Waals surface area (Å²) in [4.78, 5) is 3.13. The number of halogens is 6. The summed E-state index contributed by atoms with van der Waals surface area (Å²) in [6.45, 7) is 4.31. The number of furan rings is 2. The minimum atomic E-state index is -4.80. The van der Waals surface area contributed by atoms with Crippen molar-refractivity contribution in [3.05, 3.63) is 262 Å². The molecule has 12 heteroatoms. The third-order valence-corrected chi connectivity index (χ3v) is 16.3. The molecule has 0 amide bonds. The van der Waals surface area contributed by atoms with Gasteiger partial charge >= 0.3 is 12.4 Å². The minimum absolute atomic E-state index is 0.175. The standard InChI is InChI=1S/C68H40F6N4O2/c1-65(2)49-21-3-5-23-51(49)66(52-24-6-4-22-50(52)65)55-35-41(77(57-27-9-7-25-53(57)67(69,70)71)59-29-13-19-47-45-17-11-15-39(37-75)61(45)79-63(47)59)31-33-43(55)44-34-32-42(36-56(44)66)78(58-28-10-8-26-54(58)68(72,73)74)60-30-14-20-48-46-18-12-16-40(38-76)62(46)80-64(48)60/h3-36H,1-2H3. The van der Waals surface area contributed by atoms with Crippen molar-refractivity contribution in [2.45, 2.75) is 37.0 Å². The summed E-state index contributed by atoms with van der Waals surface area (Å²) in [5, 5.41) is 22.8. The van der Waals surface area contributed by atoms with Crippen LogP contribution < -0.4 is 9.80 Å². The maximum Gasteiger partial charge on any atom is 0.418 e. The van der Waals surface area contributed by atoms with E-state index in [1.165, 1.54) is 24.3 Å². The Morgan fingerprint density at radius 1 is 0.375 bits per heavy atom. The normalized spacial score (nSPS) is 13.9. The first-order chi connectivity index (χ1) is 38.6. The lowest BCUT2D eigenvalue weighted by molar-refractivity contribution is -0.137. The third-order valence-electron chi connectivity index (χ3n) is 16.3. The number of rotatable bonds is 6. The molecule has 386 valence electrons. The molecule has 0 atom stereocenters. The lowest BCUT2D eigenvalue weighted by Crippen LogP contribution is -2.40. The first-order valence-corrected chi connectivity index (χ1v) is 25.8. The summed E-state index contributed by atoms with van der Waals surface area (Å²) in [5.41, 5.74) is 5.68. The van der Waals surface area contributed by atoms with Gasteiger partial charge in [0.2, 0.25) is 0 Å². The topological polar surface area (TPSA) is 80.3 Å². The summed E-state index contributed by atoms with van der Waals surface area (Å²) in [7, 11) is 0. The van der Waals surface area contributed by atoms with Crippen LogP contribution in [0.2, 0.25) is 0 Å². The molecule has 2 aliphatic rings. The number of fused-ring (bicyclic) bond motifs is 15. The number of benzene rings is 10. The van der Waals surface area contributed by atoms with Crippen molar-refractivity contribution in [2.24, 2.45) is 0 Å². The van der Waals surface area contributed by atoms with E-state index < -0.39 is 34.3 Å². The molecule has 0 radical (unpaired) electrons. The van der Waals surface area contributed by atoms with Crippen LogP contribution in [0.25, 0.3) is 55.0 Å². The van der Waals surface area contributed by atoms with E-state index in [2.05, 4.69) is 50.3 Å². The zero-order chi connectivity index (χ0) is 55.0. The maximum absolute atomic E-state index is 15.5. The predicted octanol–water partition coefficient (Wildman–Crippen LogP) is 19.2. The van der Waals surface area contributed by atoms with E-state index in [1.807, 2.05) is 72.8 Å². The molecule has 6 nitrogen and oxygen atoms in total. The Morgan fingerprint density at radius 2 is 0.725 bits per heavy atom. The van der Waals surface area contributed by atoms with Crippen LogP contribution in [0.4, 0.5) is 60.5 Å². The third kappa shape index (κ3) is 6.78. The molecule has 0 saturated heterocycles. The molecular formula is C68H40F6N4O2. The number of anilines is 6. The van der Waals surface area contributed by atoms with Gasteiger partial charge in [-0.05, 0) is 117 Å². The Kier molecular flexibility index (Phi) is 10.4. The zero-order valence-corrected chi connectivity index (χ0v) is 42.5. The van der Waals surface area contributed by atoms with E-state index in [0.717, 1.165) is 56.6 Å². The fourth-order valence-electron chi connectivity index (χ4n) is 12.9. The van der Waals surface area contributed by atoms with E-state index >= 15 is 26.3 Å². The van der Waals surface area contributed by atoms with Crippen LogP contribution in [0.1, 0.15) is 69.5 Å². The number of hydrogen-bond acceptors (Lipinski definition) is 6. The van der Waals surface area contributed by atoms with Crippen molar-refractivity contribution in [1.82, 2.24) is 0 Å². The fourth-order valence-corrected chi connectivity index (χ4v) is 12.9. The Morgan fingerprint density at radius 3 is 1.12 bits per heavy atom. The van der Waals surface area contributed by atoms with Gasteiger partial charge in [0, 0.05) is 38.3 Å². The predicted molar refractivity (Wildman–Crippen MR) is 299 cm³/mol. The fraction of sp³-hybridized carbons (Fsp3) is 0.0882. The number of nitriles is 2. The van der Waals surface area contributed by atoms with Crippen molar-refractivity contribution in [2.75, 3.05) is 9.80 Å². The molecule has 10 aromatic carbocycles. The molecule has 0 N–H and O–H groups in total. The SMILES string of the molecule is CC1(C)c2ccccc2C2(c3cc(N(c4ccccc4C(F)(F)F)c4cccc5c4oc4c(C#N)cccc45)ccc3-c3ccc(N(c4ccccc4C(F)(F)F)c4cccc5c4oc4c(C#N)cccc45)cc32)c2ccccc21. The Hall–Kier alpha value is -10.0. The monoisotopic (exact) mass is 1060 g/mol. The van der Waals surface area contributed by atoms with Gasteiger partial charge in [0.15, 0.2) is 22.3 Å². The van der Waals surface area contributed by atoms with Crippen LogP contribution in [-0.4, -0.2) is 0 Å². The van der Waals surface area contributed by atoms with Crippen LogP contribution in [-0.2, 0) is 23.2 Å². The van der Waals surface area contributed by atoms with Crippen molar-refractivity contribution in [3.63, 3.8) is 0 Å². The number of hydrogen-bond donors (Lipinski definition) is 0. The Labute approximate surface area is 453 Å². The molecule has 0 fully saturated rings. The second-order valence-electron chi connectivity index (χ2n) is 20.7. The van der Waals surface area contributed by atoms with Crippen molar-refractivity contribution in [1.29, 1.82) is 10.5 Å². The van der Waals surface area contributed by atoms with E-state index in [-0.39, 0.29) is 45.0 Å². The second kappa shape index (κ2) is 17.2. The quantitative estimate of drug-likeness (QED) is 0.154. The first kappa shape index (κ1) is 48.3. The minimum Gasteiger partial charge on any atom is -0.452 e. The highest BCUT2D eigenvalue weighted by atomic mass is 19.4. The molecule has 12 aromatic rings. The molecule has 1 spiro atoms. The molecule has 14 rings (SSSR count). The van der Waals surface area contributed by atoms with Crippen LogP contribution in [0.5, 0.6) is 0 Å². The highest BCUT2D eigenvalue weighted by Crippen LogP contribution is 2.64. The average Bonchev–Trinajstić information content (AvgIpc) is 3.89. The van der Waals surface area contributed by atoms with E-state index in [4.69, 9.17) is 8.83 Å². The highest BCUT2D eigenvalue weighted by Gasteiger charge is 2.54. The molecule has 2 heterocycles. The lowest BCUT2D eigenvalue weighted by atomic mass is 9.55. The van der Waals surface area contributed by atoms with Crippen LogP contribution in [0, 0.1) is 22.7 Å². The summed E-state index contributed by atoms with van der Waals surface area (Å²) in [5.74, 6) is 0. The van der Waals surface area contributed by atoms with Gasteiger partial charge in [0.25, 0.3) is 0 Å². The Balaban J connectivity index is 1.09. The lowest BCUT2D eigenvalue weighted by Gasteiger charge is -2.47. The zero-order valence-electron chi connectivity index (χ0n) is 42.5. The van der Waals surface area contributed by atoms with Gasteiger partial charge in [0.1, 0.15) is 12.1 Å². The first-order valence-electron chi connectivity index (χ1n) is 25.8. The summed E-state index contributed by atoms with van der Waals surface area (Å²) in [6.07, 6.45) is -9.60. The molecule has 80 heavy (non-hydrogen) atoms. The van der Waals surface area contributed by atoms with Gasteiger partial charge < -0.3 is 18.6 Å². The van der Waals surface area contributed by atoms with Gasteiger partial charge in [-0.3, -0.25) is 0 Å². The molecule has 0 unspecified atom stereocenters. The van der Waals surface area contributed by atoms with E-state index in [9.17, 15) is 10.5 Å². The molecule has 0 bridgehead atoms. The van der Waals surface area contributed by atoms with Gasteiger partial charge in [-0.1, -0.05) is 147 Å². The summed E-state index contributed by atoms with van der Waals surface area (Å²) in [6, 6.07) is 63.6. The summed E-state index contributed by atoms with van der Waals surface area (Å²) < 4.78 is 106. The molecule has 0 saturated carbocycles. The van der Waals surface area contributed by atoms with Gasteiger partial charge in [-0.25, -0.2) is 0 Å². The summed E-state index contributed by atoms with van der Waals surface area (Å²) >= 11 is 0. The molecule has 2 aromatic heterocycles. The molecule has 0 aliphatic heterocycles. The van der Waals surface area contributed by atoms with Crippen LogP contribution >= 0.6 is 0 Å². The Bertz CT molecular complexity index is 4390. The highest BCUT2D eigenvalue weighted by molar-refractivity contribution is 6.13. The second-order valence-corrected chi connectivity index (χ2v) is 20.7. The maximum atomic E-state index is 15.5. The van der Waals surface area contributed by atoms with Crippen molar-refractivity contribution in [3.8, 4) is 23.3 Å². The van der Waals surface area contributed by atoms with Gasteiger partial charge in [-0.2, -0.15) is 36.9 Å². The van der Waals surface area contributed by atoms with Crippen molar-refractivity contribution >= 4 is 78.0 Å². The van der Waals surface area contributed by atoms with Gasteiger partial charge in [-0.15, -0.1) is 0 Å². The van der Waals surface area contributed by atoms with Crippen LogP contribution in [0.15, 0.2) is 215 Å². The number of alkyl halides is 6. The molecule has 2 aliphatic carbocycles.